The quantitative estimate of drug-likeness (QED) is 0.716. The molecule has 0 saturated carbocycles. The number of rotatable bonds is 3. The lowest BCUT2D eigenvalue weighted by Gasteiger charge is -2.10. The Balaban J connectivity index is 2.02. The van der Waals surface area contributed by atoms with E-state index >= 15 is 0 Å². The van der Waals surface area contributed by atoms with E-state index in [0.717, 1.165) is 23.1 Å². The highest BCUT2D eigenvalue weighted by Gasteiger charge is 2.18. The Morgan fingerprint density at radius 3 is 2.24 bits per heavy atom. The fraction of sp³-hybridized carbons (Fsp3) is 0.150. The summed E-state index contributed by atoms with van der Waals surface area (Å²) in [5.74, 6) is 0.0920. The SMILES string of the molecule is CC1=C(C)CC(c2ccccc2C(=O)c2ccccc2)=C1. The van der Waals surface area contributed by atoms with E-state index in [4.69, 9.17) is 0 Å². The summed E-state index contributed by atoms with van der Waals surface area (Å²) >= 11 is 0. The lowest BCUT2D eigenvalue weighted by atomic mass is 9.93. The number of carbonyl (C=O) groups excluding carboxylic acids is 1. The third-order valence-electron chi connectivity index (χ3n) is 4.07. The summed E-state index contributed by atoms with van der Waals surface area (Å²) in [7, 11) is 0. The molecular formula is C20H18O. The molecule has 1 aliphatic rings. The molecule has 0 radical (unpaired) electrons. The maximum Gasteiger partial charge on any atom is 0.193 e. The summed E-state index contributed by atoms with van der Waals surface area (Å²) in [6, 6.07) is 17.4. The second-order valence-corrected chi connectivity index (χ2v) is 5.55. The largest absolute Gasteiger partial charge is 0.289 e. The maximum absolute atomic E-state index is 12.7. The number of ketones is 1. The zero-order valence-electron chi connectivity index (χ0n) is 12.4. The number of carbonyl (C=O) groups is 1. The highest BCUT2D eigenvalue weighted by Crippen LogP contribution is 2.34. The predicted octanol–water partition coefficient (Wildman–Crippen LogP) is 5.04. The number of allylic oxidation sites excluding steroid dienone is 4. The summed E-state index contributed by atoms with van der Waals surface area (Å²) < 4.78 is 0. The highest BCUT2D eigenvalue weighted by molar-refractivity contribution is 6.11. The van der Waals surface area contributed by atoms with Gasteiger partial charge in [-0.1, -0.05) is 71.8 Å². The van der Waals surface area contributed by atoms with Gasteiger partial charge in [-0.05, 0) is 31.4 Å². The van der Waals surface area contributed by atoms with Crippen LogP contribution in [0.25, 0.3) is 5.57 Å². The first-order chi connectivity index (χ1) is 10.2. The molecule has 0 atom stereocenters. The predicted molar refractivity (Wildman–Crippen MR) is 87.3 cm³/mol. The van der Waals surface area contributed by atoms with Gasteiger partial charge in [-0.15, -0.1) is 0 Å². The molecule has 0 saturated heterocycles. The van der Waals surface area contributed by atoms with Gasteiger partial charge >= 0.3 is 0 Å². The van der Waals surface area contributed by atoms with Crippen LogP contribution in [0.4, 0.5) is 0 Å². The van der Waals surface area contributed by atoms with Crippen molar-refractivity contribution >= 4 is 11.4 Å². The van der Waals surface area contributed by atoms with Crippen molar-refractivity contribution in [3.8, 4) is 0 Å². The number of hydrogen-bond donors (Lipinski definition) is 0. The zero-order valence-corrected chi connectivity index (χ0v) is 12.4. The van der Waals surface area contributed by atoms with Crippen molar-refractivity contribution in [1.29, 1.82) is 0 Å². The molecule has 3 rings (SSSR count). The highest BCUT2D eigenvalue weighted by atomic mass is 16.1. The fourth-order valence-electron chi connectivity index (χ4n) is 2.74. The summed E-state index contributed by atoms with van der Waals surface area (Å²) in [6.45, 7) is 4.28. The molecule has 0 fully saturated rings. The van der Waals surface area contributed by atoms with Crippen molar-refractivity contribution in [1.82, 2.24) is 0 Å². The zero-order chi connectivity index (χ0) is 14.8. The molecule has 2 aromatic carbocycles. The van der Waals surface area contributed by atoms with E-state index < -0.39 is 0 Å². The van der Waals surface area contributed by atoms with Crippen LogP contribution < -0.4 is 0 Å². The van der Waals surface area contributed by atoms with Crippen LogP contribution >= 0.6 is 0 Å². The summed E-state index contributed by atoms with van der Waals surface area (Å²) in [6.07, 6.45) is 3.14. The number of hydrogen-bond acceptors (Lipinski definition) is 1. The van der Waals surface area contributed by atoms with Gasteiger partial charge in [0, 0.05) is 11.1 Å². The monoisotopic (exact) mass is 274 g/mol. The van der Waals surface area contributed by atoms with Crippen LogP contribution in [-0.4, -0.2) is 5.78 Å². The van der Waals surface area contributed by atoms with E-state index in [0.29, 0.717) is 0 Å². The van der Waals surface area contributed by atoms with Crippen LogP contribution in [0, 0.1) is 0 Å². The van der Waals surface area contributed by atoms with E-state index in [9.17, 15) is 4.79 Å². The molecule has 2 aromatic rings. The van der Waals surface area contributed by atoms with Crippen molar-refractivity contribution in [3.63, 3.8) is 0 Å². The average Bonchev–Trinajstić information content (AvgIpc) is 2.87. The Morgan fingerprint density at radius 2 is 1.57 bits per heavy atom. The molecule has 0 unspecified atom stereocenters. The van der Waals surface area contributed by atoms with Crippen LogP contribution in [0.2, 0.25) is 0 Å². The van der Waals surface area contributed by atoms with Crippen LogP contribution in [0.5, 0.6) is 0 Å². The third kappa shape index (κ3) is 2.59. The second kappa shape index (κ2) is 5.53. The molecule has 0 aromatic heterocycles. The van der Waals surface area contributed by atoms with E-state index in [2.05, 4.69) is 19.9 Å². The molecule has 0 N–H and O–H groups in total. The first kappa shape index (κ1) is 13.6. The molecule has 1 aliphatic carbocycles. The molecule has 0 heterocycles. The van der Waals surface area contributed by atoms with Gasteiger partial charge in [0.15, 0.2) is 5.78 Å². The Morgan fingerprint density at radius 1 is 0.905 bits per heavy atom. The molecule has 1 heteroatoms. The van der Waals surface area contributed by atoms with Gasteiger partial charge in [0.2, 0.25) is 0 Å². The molecular weight excluding hydrogens is 256 g/mol. The third-order valence-corrected chi connectivity index (χ3v) is 4.07. The minimum absolute atomic E-state index is 0.0920. The normalized spacial score (nSPS) is 14.3. The summed E-state index contributed by atoms with van der Waals surface area (Å²) in [5.41, 5.74) is 6.52. The van der Waals surface area contributed by atoms with E-state index in [1.165, 1.54) is 16.7 Å². The topological polar surface area (TPSA) is 17.1 Å². The molecule has 0 spiro atoms. The second-order valence-electron chi connectivity index (χ2n) is 5.55. The van der Waals surface area contributed by atoms with Crippen molar-refractivity contribution in [3.05, 3.63) is 88.5 Å². The first-order valence-electron chi connectivity index (χ1n) is 7.23. The average molecular weight is 274 g/mol. The van der Waals surface area contributed by atoms with Crippen LogP contribution in [0.15, 0.2) is 71.8 Å². The molecule has 0 amide bonds. The van der Waals surface area contributed by atoms with Crippen molar-refractivity contribution in [2.24, 2.45) is 0 Å². The fourth-order valence-corrected chi connectivity index (χ4v) is 2.74. The van der Waals surface area contributed by atoms with Crippen LogP contribution in [0.3, 0.4) is 0 Å². The van der Waals surface area contributed by atoms with Crippen molar-refractivity contribution in [2.45, 2.75) is 20.3 Å². The van der Waals surface area contributed by atoms with Crippen molar-refractivity contribution < 1.29 is 4.79 Å². The molecule has 0 aliphatic heterocycles. The Labute approximate surface area is 125 Å². The van der Waals surface area contributed by atoms with Gasteiger partial charge in [0.05, 0.1) is 0 Å². The Kier molecular flexibility index (Phi) is 3.57. The molecule has 21 heavy (non-hydrogen) atoms. The van der Waals surface area contributed by atoms with E-state index in [1.807, 2.05) is 54.6 Å². The smallest absolute Gasteiger partial charge is 0.193 e. The van der Waals surface area contributed by atoms with Gasteiger partial charge in [-0.3, -0.25) is 4.79 Å². The summed E-state index contributed by atoms with van der Waals surface area (Å²) in [4.78, 5) is 12.7. The Bertz CT molecular complexity index is 748. The van der Waals surface area contributed by atoms with Crippen molar-refractivity contribution in [2.75, 3.05) is 0 Å². The van der Waals surface area contributed by atoms with E-state index in [-0.39, 0.29) is 5.78 Å². The molecule has 104 valence electrons. The summed E-state index contributed by atoms with van der Waals surface area (Å²) in [5, 5.41) is 0. The van der Waals surface area contributed by atoms with Gasteiger partial charge in [0.25, 0.3) is 0 Å². The standard InChI is InChI=1S/C20H18O/c1-14-12-17(13-15(14)2)18-10-6-7-11-19(18)20(21)16-8-4-3-5-9-16/h3-12H,13H2,1-2H3. The van der Waals surface area contributed by atoms with Crippen LogP contribution in [0.1, 0.15) is 41.8 Å². The minimum atomic E-state index is 0.0920. The van der Waals surface area contributed by atoms with Gasteiger partial charge in [0.1, 0.15) is 0 Å². The minimum Gasteiger partial charge on any atom is -0.289 e. The molecule has 0 bridgehead atoms. The first-order valence-corrected chi connectivity index (χ1v) is 7.23. The van der Waals surface area contributed by atoms with Crippen LogP contribution in [-0.2, 0) is 0 Å². The van der Waals surface area contributed by atoms with Gasteiger partial charge in [-0.25, -0.2) is 0 Å². The lowest BCUT2D eigenvalue weighted by molar-refractivity contribution is 0.103. The molecule has 1 nitrogen and oxygen atoms in total. The van der Waals surface area contributed by atoms with E-state index in [1.54, 1.807) is 0 Å². The van der Waals surface area contributed by atoms with Gasteiger partial charge in [-0.2, -0.15) is 0 Å². The Hall–Kier alpha value is -2.41. The lowest BCUT2D eigenvalue weighted by Crippen LogP contribution is -2.04. The van der Waals surface area contributed by atoms with Gasteiger partial charge < -0.3 is 0 Å². The maximum atomic E-state index is 12.7. The number of benzene rings is 2.